The molecule has 0 atom stereocenters. The van der Waals surface area contributed by atoms with Crippen molar-refractivity contribution >= 4 is 27.2 Å². The van der Waals surface area contributed by atoms with E-state index in [0.29, 0.717) is 11.3 Å². The zero-order chi connectivity index (χ0) is 15.2. The topological polar surface area (TPSA) is 28.1 Å². The Balaban J connectivity index is 2.56. The van der Waals surface area contributed by atoms with Crippen molar-refractivity contribution in [1.29, 1.82) is 5.26 Å². The van der Waals surface area contributed by atoms with Crippen molar-refractivity contribution in [2.45, 2.75) is 12.3 Å². The number of hydrogen-bond donors (Lipinski definition) is 0. The molecule has 0 saturated heterocycles. The molecule has 102 valence electrons. The van der Waals surface area contributed by atoms with E-state index in [1.165, 1.54) is 0 Å². The molecule has 2 aromatic rings. The molecule has 0 aliphatic carbocycles. The Labute approximate surface area is 133 Å². The highest BCUT2D eigenvalue weighted by atomic mass is 79.9. The maximum absolute atomic E-state index is 9.45. The third kappa shape index (κ3) is 3.40. The van der Waals surface area contributed by atoms with Gasteiger partial charge in [-0.1, -0.05) is 70.0 Å². The van der Waals surface area contributed by atoms with Crippen molar-refractivity contribution in [3.8, 4) is 6.07 Å². The minimum atomic E-state index is 0.391. The maximum atomic E-state index is 9.45. The molecule has 0 radical (unpaired) electrons. The van der Waals surface area contributed by atoms with Crippen molar-refractivity contribution < 1.29 is 0 Å². The van der Waals surface area contributed by atoms with E-state index in [0.717, 1.165) is 27.6 Å². The summed E-state index contributed by atoms with van der Waals surface area (Å²) in [4.78, 5) is 3.58. The molecule has 3 heteroatoms. The lowest BCUT2D eigenvalue weighted by Crippen LogP contribution is -1.89. The van der Waals surface area contributed by atoms with Crippen LogP contribution in [0.3, 0.4) is 0 Å². The summed E-state index contributed by atoms with van der Waals surface area (Å²) in [6.07, 6.45) is 0. The predicted octanol–water partition coefficient (Wildman–Crippen LogP) is 5.20. The first-order valence-corrected chi connectivity index (χ1v) is 7.56. The largest absolute Gasteiger partial charge is 0.236 e. The summed E-state index contributed by atoms with van der Waals surface area (Å²) in [5.41, 5.74) is 4.61. The predicted molar refractivity (Wildman–Crippen MR) is 89.3 cm³/mol. The zero-order valence-electron chi connectivity index (χ0n) is 11.6. The van der Waals surface area contributed by atoms with Crippen molar-refractivity contribution in [3.05, 3.63) is 82.2 Å². The van der Waals surface area contributed by atoms with Crippen molar-refractivity contribution in [1.82, 2.24) is 0 Å². The first kappa shape index (κ1) is 15.0. The van der Waals surface area contributed by atoms with E-state index in [-0.39, 0.29) is 0 Å². The fourth-order valence-corrected chi connectivity index (χ4v) is 2.36. The second kappa shape index (κ2) is 6.88. The number of aryl methyl sites for hydroxylation is 1. The van der Waals surface area contributed by atoms with Crippen LogP contribution in [0.25, 0.3) is 16.1 Å². The van der Waals surface area contributed by atoms with Gasteiger partial charge in [-0.15, -0.1) is 0 Å². The van der Waals surface area contributed by atoms with E-state index in [9.17, 15) is 5.26 Å². The molecule has 0 N–H and O–H groups in total. The molecule has 2 rings (SSSR count). The summed E-state index contributed by atoms with van der Waals surface area (Å²) in [5.74, 6) is 0. The van der Waals surface area contributed by atoms with Crippen LogP contribution >= 0.6 is 15.9 Å². The van der Waals surface area contributed by atoms with Crippen LogP contribution in [0.4, 0.5) is 0 Å². The molecule has 0 amide bonds. The number of hydrogen-bond acceptors (Lipinski definition) is 1. The molecule has 0 heterocycles. The summed E-state index contributed by atoms with van der Waals surface area (Å²) in [6.45, 7) is 9.42. The van der Waals surface area contributed by atoms with Gasteiger partial charge in [-0.25, -0.2) is 4.85 Å². The zero-order valence-corrected chi connectivity index (χ0v) is 13.2. The number of nitrogens with zero attached hydrogens (tertiary/aromatic N) is 2. The Morgan fingerprint density at radius 2 is 1.67 bits per heavy atom. The van der Waals surface area contributed by atoms with Crippen LogP contribution in [0.5, 0.6) is 0 Å². The number of alkyl halides is 1. The minimum absolute atomic E-state index is 0.391. The van der Waals surface area contributed by atoms with Crippen LogP contribution in [-0.2, 0) is 5.33 Å². The van der Waals surface area contributed by atoms with Gasteiger partial charge in [0.15, 0.2) is 0 Å². The lowest BCUT2D eigenvalue weighted by molar-refractivity contribution is 1.42. The van der Waals surface area contributed by atoms with E-state index in [1.807, 2.05) is 55.5 Å². The number of rotatable bonds is 3. The van der Waals surface area contributed by atoms with E-state index in [1.54, 1.807) is 0 Å². The Hall–Kier alpha value is -2.36. The summed E-state index contributed by atoms with van der Waals surface area (Å²) in [6, 6.07) is 17.5. The highest BCUT2D eigenvalue weighted by Crippen LogP contribution is 2.27. The normalized spacial score (nSPS) is 11.2. The molecule has 0 saturated carbocycles. The molecule has 2 nitrogen and oxygen atoms in total. The Morgan fingerprint density at radius 1 is 1.10 bits per heavy atom. The van der Waals surface area contributed by atoms with Crippen LogP contribution < -0.4 is 0 Å². The van der Waals surface area contributed by atoms with Crippen LogP contribution in [0.15, 0.2) is 48.5 Å². The monoisotopic (exact) mass is 336 g/mol. The Kier molecular flexibility index (Phi) is 4.93. The van der Waals surface area contributed by atoms with Gasteiger partial charge in [-0.2, -0.15) is 5.26 Å². The number of nitriles is 1. The van der Waals surface area contributed by atoms with Gasteiger partial charge in [0.25, 0.3) is 0 Å². The highest BCUT2D eigenvalue weighted by Gasteiger charge is 2.11. The van der Waals surface area contributed by atoms with Crippen LogP contribution in [0.2, 0.25) is 0 Å². The fourth-order valence-electron chi connectivity index (χ4n) is 1.99. The highest BCUT2D eigenvalue weighted by molar-refractivity contribution is 9.08. The van der Waals surface area contributed by atoms with Gasteiger partial charge in [0.05, 0.1) is 18.2 Å². The molecule has 21 heavy (non-hydrogen) atoms. The van der Waals surface area contributed by atoms with Gasteiger partial charge in [0, 0.05) is 5.33 Å². The first-order valence-electron chi connectivity index (χ1n) is 6.43. The third-order valence-corrected chi connectivity index (χ3v) is 3.83. The van der Waals surface area contributed by atoms with Crippen molar-refractivity contribution in [2.75, 3.05) is 0 Å². The SMILES string of the molecule is [C-]#[N+]C(=C(C#N)c1ccc(C)cc1)c1ccc(CBr)cc1. The average molecular weight is 337 g/mol. The average Bonchev–Trinajstić information content (AvgIpc) is 2.54. The third-order valence-electron chi connectivity index (χ3n) is 3.18. The lowest BCUT2D eigenvalue weighted by atomic mass is 9.99. The molecule has 0 fully saturated rings. The maximum Gasteiger partial charge on any atom is 0.212 e. The number of allylic oxidation sites excluding steroid dienone is 1. The number of benzene rings is 2. The van der Waals surface area contributed by atoms with Crippen LogP contribution in [0, 0.1) is 24.8 Å². The number of halogens is 1. The van der Waals surface area contributed by atoms with Gasteiger partial charge < -0.3 is 0 Å². The van der Waals surface area contributed by atoms with Crippen LogP contribution in [-0.4, -0.2) is 0 Å². The van der Waals surface area contributed by atoms with E-state index < -0.39 is 0 Å². The fraction of sp³-hybridized carbons (Fsp3) is 0.111. The van der Waals surface area contributed by atoms with E-state index >= 15 is 0 Å². The van der Waals surface area contributed by atoms with Gasteiger partial charge in [-0.05, 0) is 23.6 Å². The molecule has 0 spiro atoms. The first-order chi connectivity index (χ1) is 10.2. The summed E-state index contributed by atoms with van der Waals surface area (Å²) in [5, 5.41) is 10.2. The molecule has 2 aromatic carbocycles. The Morgan fingerprint density at radius 3 is 2.14 bits per heavy atom. The molecule has 0 aromatic heterocycles. The van der Waals surface area contributed by atoms with E-state index in [4.69, 9.17) is 6.57 Å². The molecule has 0 aliphatic rings. The smallest absolute Gasteiger partial charge is 0.212 e. The molecule has 0 unspecified atom stereocenters. The second-order valence-corrected chi connectivity index (χ2v) is 5.20. The van der Waals surface area contributed by atoms with Crippen molar-refractivity contribution in [2.24, 2.45) is 0 Å². The van der Waals surface area contributed by atoms with Crippen LogP contribution in [0.1, 0.15) is 22.3 Å². The standard InChI is InChI=1S/C18H13BrN2/c1-13-3-7-15(8-4-13)17(12-20)18(21-2)16-9-5-14(11-19)6-10-16/h3-10H,11H2,1H3. The lowest BCUT2D eigenvalue weighted by Gasteiger charge is -2.06. The summed E-state index contributed by atoms with van der Waals surface area (Å²) >= 11 is 3.40. The van der Waals surface area contributed by atoms with Crippen molar-refractivity contribution in [3.63, 3.8) is 0 Å². The molecule has 0 bridgehead atoms. The molecule has 0 aliphatic heterocycles. The quantitative estimate of drug-likeness (QED) is 0.327. The van der Waals surface area contributed by atoms with Gasteiger partial charge in [0.2, 0.25) is 5.70 Å². The molecular weight excluding hydrogens is 324 g/mol. The summed E-state index contributed by atoms with van der Waals surface area (Å²) < 4.78 is 0. The van der Waals surface area contributed by atoms with Gasteiger partial charge in [0.1, 0.15) is 0 Å². The second-order valence-electron chi connectivity index (χ2n) is 4.64. The minimum Gasteiger partial charge on any atom is -0.236 e. The molecular formula is C18H13BrN2. The van der Waals surface area contributed by atoms with Gasteiger partial charge >= 0.3 is 0 Å². The van der Waals surface area contributed by atoms with E-state index in [2.05, 4.69) is 26.8 Å². The Bertz CT molecular complexity index is 742. The van der Waals surface area contributed by atoms with Gasteiger partial charge in [-0.3, -0.25) is 0 Å². The summed E-state index contributed by atoms with van der Waals surface area (Å²) in [7, 11) is 0.